The van der Waals surface area contributed by atoms with Crippen molar-refractivity contribution >= 4 is 5.91 Å². The lowest BCUT2D eigenvalue weighted by molar-refractivity contribution is -0.126. The Balaban J connectivity index is 1.47. The van der Waals surface area contributed by atoms with Gasteiger partial charge < -0.3 is 19.5 Å². The second kappa shape index (κ2) is 8.13. The first-order valence-corrected chi connectivity index (χ1v) is 8.85. The summed E-state index contributed by atoms with van der Waals surface area (Å²) >= 11 is 0. The summed E-state index contributed by atoms with van der Waals surface area (Å²) < 4.78 is 16.8. The van der Waals surface area contributed by atoms with Gasteiger partial charge in [0.2, 0.25) is 5.91 Å². The third-order valence-corrected chi connectivity index (χ3v) is 4.69. The molecule has 3 rings (SSSR count). The number of nitrogens with one attached hydrogen (secondary N) is 1. The molecule has 5 heteroatoms. The molecule has 0 saturated heterocycles. The quantitative estimate of drug-likeness (QED) is 0.809. The number of fused-ring (bicyclic) bond motifs is 1. The fourth-order valence-corrected chi connectivity index (χ4v) is 3.01. The summed E-state index contributed by atoms with van der Waals surface area (Å²) in [5.41, 5.74) is 3.43. The van der Waals surface area contributed by atoms with E-state index in [1.54, 1.807) is 7.11 Å². The molecule has 1 heterocycles. The van der Waals surface area contributed by atoms with Gasteiger partial charge in [0.25, 0.3) is 0 Å². The van der Waals surface area contributed by atoms with Crippen molar-refractivity contribution in [2.75, 3.05) is 26.9 Å². The van der Waals surface area contributed by atoms with Crippen LogP contribution in [0.15, 0.2) is 36.4 Å². The Morgan fingerprint density at radius 2 is 2.08 bits per heavy atom. The van der Waals surface area contributed by atoms with E-state index in [1.165, 1.54) is 11.1 Å². The molecule has 1 amide bonds. The van der Waals surface area contributed by atoms with Crippen molar-refractivity contribution in [2.24, 2.45) is 5.92 Å². The number of hydrogen-bond donors (Lipinski definition) is 1. The standard InChI is InChI=1S/C21H25NO4/c1-14-7-8-18(11-15(14)2)25-10-9-22-21(23)17-12-16-5-4-6-19(24-3)20(16)26-13-17/h4-8,11,17H,9-10,12-13H2,1-3H3,(H,22,23). The predicted octanol–water partition coefficient (Wildman–Crippen LogP) is 3.06. The van der Waals surface area contributed by atoms with Crippen LogP contribution in [0.5, 0.6) is 17.2 Å². The van der Waals surface area contributed by atoms with Gasteiger partial charge in [-0.1, -0.05) is 18.2 Å². The summed E-state index contributed by atoms with van der Waals surface area (Å²) in [5, 5.41) is 2.93. The number of amides is 1. The highest BCUT2D eigenvalue weighted by atomic mass is 16.5. The van der Waals surface area contributed by atoms with Crippen molar-refractivity contribution in [3.05, 3.63) is 53.1 Å². The van der Waals surface area contributed by atoms with Crippen LogP contribution in [0.1, 0.15) is 16.7 Å². The number of ether oxygens (including phenoxy) is 3. The van der Waals surface area contributed by atoms with Gasteiger partial charge in [-0.25, -0.2) is 0 Å². The smallest absolute Gasteiger partial charge is 0.227 e. The molecule has 1 aliphatic heterocycles. The minimum Gasteiger partial charge on any atom is -0.493 e. The van der Waals surface area contributed by atoms with Crippen molar-refractivity contribution in [3.63, 3.8) is 0 Å². The maximum Gasteiger partial charge on any atom is 0.227 e. The molecular weight excluding hydrogens is 330 g/mol. The third-order valence-electron chi connectivity index (χ3n) is 4.69. The molecule has 0 spiro atoms. The molecule has 2 aromatic carbocycles. The Labute approximate surface area is 154 Å². The highest BCUT2D eigenvalue weighted by Gasteiger charge is 2.27. The van der Waals surface area contributed by atoms with Crippen LogP contribution in [0, 0.1) is 19.8 Å². The minimum atomic E-state index is -0.198. The predicted molar refractivity (Wildman–Crippen MR) is 100 cm³/mol. The number of hydrogen-bond acceptors (Lipinski definition) is 4. The van der Waals surface area contributed by atoms with Crippen LogP contribution in [0.3, 0.4) is 0 Å². The average Bonchev–Trinajstić information content (AvgIpc) is 2.66. The summed E-state index contributed by atoms with van der Waals surface area (Å²) in [6.45, 7) is 5.38. The summed E-state index contributed by atoms with van der Waals surface area (Å²) in [7, 11) is 1.62. The van der Waals surface area contributed by atoms with Crippen LogP contribution in [-0.2, 0) is 11.2 Å². The maximum absolute atomic E-state index is 12.4. The van der Waals surface area contributed by atoms with E-state index in [0.29, 0.717) is 31.9 Å². The Morgan fingerprint density at radius 1 is 1.23 bits per heavy atom. The topological polar surface area (TPSA) is 56.8 Å². The lowest BCUT2D eigenvalue weighted by Crippen LogP contribution is -2.39. The molecule has 0 bridgehead atoms. The molecule has 0 saturated carbocycles. The Kier molecular flexibility index (Phi) is 5.66. The van der Waals surface area contributed by atoms with Crippen LogP contribution in [0.4, 0.5) is 0 Å². The van der Waals surface area contributed by atoms with E-state index in [9.17, 15) is 4.79 Å². The second-order valence-electron chi connectivity index (χ2n) is 6.55. The molecule has 0 aliphatic carbocycles. The second-order valence-corrected chi connectivity index (χ2v) is 6.55. The van der Waals surface area contributed by atoms with Crippen molar-refractivity contribution in [1.82, 2.24) is 5.32 Å². The van der Waals surface area contributed by atoms with Crippen molar-refractivity contribution in [2.45, 2.75) is 20.3 Å². The molecule has 0 fully saturated rings. The number of para-hydroxylation sites is 1. The van der Waals surface area contributed by atoms with E-state index in [2.05, 4.69) is 19.2 Å². The number of benzene rings is 2. The molecule has 1 atom stereocenters. The summed E-state index contributed by atoms with van der Waals surface area (Å²) in [5.74, 6) is 2.07. The fraction of sp³-hybridized carbons (Fsp3) is 0.381. The fourth-order valence-electron chi connectivity index (χ4n) is 3.01. The third kappa shape index (κ3) is 4.10. The van der Waals surface area contributed by atoms with Gasteiger partial charge in [-0.2, -0.15) is 0 Å². The van der Waals surface area contributed by atoms with Crippen molar-refractivity contribution < 1.29 is 19.0 Å². The zero-order chi connectivity index (χ0) is 18.5. The van der Waals surface area contributed by atoms with E-state index in [-0.39, 0.29) is 11.8 Å². The molecule has 1 unspecified atom stereocenters. The molecule has 1 aliphatic rings. The van der Waals surface area contributed by atoms with Gasteiger partial charge in [-0.3, -0.25) is 4.79 Å². The lowest BCUT2D eigenvalue weighted by Gasteiger charge is -2.25. The first kappa shape index (κ1) is 18.1. The first-order chi connectivity index (χ1) is 12.6. The minimum absolute atomic E-state index is 0.0119. The zero-order valence-electron chi connectivity index (χ0n) is 15.5. The van der Waals surface area contributed by atoms with Crippen LogP contribution in [-0.4, -0.2) is 32.8 Å². The SMILES string of the molecule is COc1cccc2c1OCC(C(=O)NCCOc1ccc(C)c(C)c1)C2. The van der Waals surface area contributed by atoms with Crippen LogP contribution in [0.25, 0.3) is 0 Å². The number of methoxy groups -OCH3 is 1. The number of carbonyl (C=O) groups excluding carboxylic acids is 1. The Bertz CT molecular complexity index is 788. The molecule has 0 radical (unpaired) electrons. The molecule has 138 valence electrons. The van der Waals surface area contributed by atoms with Gasteiger partial charge in [-0.05, 0) is 55.2 Å². The highest BCUT2D eigenvalue weighted by molar-refractivity contribution is 5.79. The van der Waals surface area contributed by atoms with Gasteiger partial charge in [0, 0.05) is 0 Å². The lowest BCUT2D eigenvalue weighted by atomic mass is 9.95. The summed E-state index contributed by atoms with van der Waals surface area (Å²) in [4.78, 5) is 12.4. The molecule has 0 aromatic heterocycles. The molecule has 1 N–H and O–H groups in total. The van der Waals surface area contributed by atoms with E-state index >= 15 is 0 Å². The number of aryl methyl sites for hydroxylation is 2. The average molecular weight is 355 g/mol. The van der Waals surface area contributed by atoms with E-state index in [1.807, 2.05) is 36.4 Å². The van der Waals surface area contributed by atoms with Gasteiger partial charge in [0.05, 0.1) is 19.6 Å². The van der Waals surface area contributed by atoms with Crippen molar-refractivity contribution in [1.29, 1.82) is 0 Å². The highest BCUT2D eigenvalue weighted by Crippen LogP contribution is 2.35. The monoisotopic (exact) mass is 355 g/mol. The van der Waals surface area contributed by atoms with Gasteiger partial charge >= 0.3 is 0 Å². The maximum atomic E-state index is 12.4. The van der Waals surface area contributed by atoms with Crippen LogP contribution >= 0.6 is 0 Å². The van der Waals surface area contributed by atoms with Gasteiger partial charge in [0.1, 0.15) is 19.0 Å². The zero-order valence-corrected chi connectivity index (χ0v) is 15.5. The Morgan fingerprint density at radius 3 is 2.85 bits per heavy atom. The number of carbonyl (C=O) groups is 1. The van der Waals surface area contributed by atoms with Gasteiger partial charge in [-0.15, -0.1) is 0 Å². The first-order valence-electron chi connectivity index (χ1n) is 8.85. The van der Waals surface area contributed by atoms with Crippen molar-refractivity contribution in [3.8, 4) is 17.2 Å². The Hall–Kier alpha value is -2.69. The summed E-state index contributed by atoms with van der Waals surface area (Å²) in [6.07, 6.45) is 0.649. The molecular formula is C21H25NO4. The van der Waals surface area contributed by atoms with E-state index < -0.39 is 0 Å². The van der Waals surface area contributed by atoms with Gasteiger partial charge in [0.15, 0.2) is 11.5 Å². The largest absolute Gasteiger partial charge is 0.493 e. The molecule has 2 aromatic rings. The van der Waals surface area contributed by atoms with Crippen LogP contribution < -0.4 is 19.5 Å². The normalized spacial score (nSPS) is 15.6. The van der Waals surface area contributed by atoms with E-state index in [0.717, 1.165) is 17.1 Å². The molecule has 5 nitrogen and oxygen atoms in total. The van der Waals surface area contributed by atoms with E-state index in [4.69, 9.17) is 14.2 Å². The van der Waals surface area contributed by atoms with Crippen LogP contribution in [0.2, 0.25) is 0 Å². The molecule has 26 heavy (non-hydrogen) atoms. The summed E-state index contributed by atoms with van der Waals surface area (Å²) in [6, 6.07) is 11.7. The number of rotatable bonds is 6.